The van der Waals surface area contributed by atoms with E-state index in [2.05, 4.69) is 19.9 Å². The van der Waals surface area contributed by atoms with Gasteiger partial charge in [0.25, 0.3) is 0 Å². The molecule has 2 aromatic carbocycles. The van der Waals surface area contributed by atoms with Crippen molar-refractivity contribution < 1.29 is 4.74 Å². The zero-order valence-corrected chi connectivity index (χ0v) is 11.9. The molecule has 2 aromatic heterocycles. The van der Waals surface area contributed by atoms with E-state index in [0.717, 1.165) is 27.5 Å². The van der Waals surface area contributed by atoms with Crippen molar-refractivity contribution in [3.63, 3.8) is 0 Å². The zero-order chi connectivity index (χ0) is 14.9. The van der Waals surface area contributed by atoms with Gasteiger partial charge in [-0.15, -0.1) is 0 Å². The van der Waals surface area contributed by atoms with Gasteiger partial charge in [0.2, 0.25) is 5.88 Å². The van der Waals surface area contributed by atoms with Gasteiger partial charge >= 0.3 is 0 Å². The van der Waals surface area contributed by atoms with Gasteiger partial charge in [-0.25, -0.2) is 9.97 Å². The number of para-hydroxylation sites is 1. The molecule has 5 nitrogen and oxygen atoms in total. The fraction of sp³-hybridized carbons (Fsp3) is 0.0588. The van der Waals surface area contributed by atoms with Gasteiger partial charge in [-0.1, -0.05) is 12.1 Å². The monoisotopic (exact) mass is 288 g/mol. The molecule has 0 amide bonds. The van der Waals surface area contributed by atoms with Gasteiger partial charge < -0.3 is 4.74 Å². The summed E-state index contributed by atoms with van der Waals surface area (Å²) in [5, 5.41) is 0.891. The van der Waals surface area contributed by atoms with Crippen molar-refractivity contribution in [2.75, 3.05) is 0 Å². The van der Waals surface area contributed by atoms with E-state index in [0.29, 0.717) is 11.6 Å². The van der Waals surface area contributed by atoms with E-state index in [1.54, 1.807) is 12.4 Å². The smallest absolute Gasteiger partial charge is 0.230 e. The standard InChI is InChI=1S/C17H12N4O/c1-11-3-2-4-13-16(11)20-10-21-17(13)22-12-5-6-14-15(9-12)19-8-7-18-14/h2-10H,1H3. The molecule has 0 saturated carbocycles. The maximum Gasteiger partial charge on any atom is 0.230 e. The fourth-order valence-corrected chi connectivity index (χ4v) is 2.41. The molecule has 0 aliphatic heterocycles. The van der Waals surface area contributed by atoms with E-state index in [9.17, 15) is 0 Å². The first-order valence-electron chi connectivity index (χ1n) is 6.90. The van der Waals surface area contributed by atoms with Crippen LogP contribution in [0.3, 0.4) is 0 Å². The maximum absolute atomic E-state index is 5.94. The third-order valence-corrected chi connectivity index (χ3v) is 3.49. The summed E-state index contributed by atoms with van der Waals surface area (Å²) in [6, 6.07) is 11.5. The highest BCUT2D eigenvalue weighted by atomic mass is 16.5. The number of fused-ring (bicyclic) bond motifs is 2. The predicted octanol–water partition coefficient (Wildman–Crippen LogP) is 3.67. The van der Waals surface area contributed by atoms with E-state index in [-0.39, 0.29) is 0 Å². The number of hydrogen-bond acceptors (Lipinski definition) is 5. The molecule has 0 unspecified atom stereocenters. The Bertz CT molecular complexity index is 984. The molecule has 2 heterocycles. The maximum atomic E-state index is 5.94. The van der Waals surface area contributed by atoms with Crippen molar-refractivity contribution in [1.82, 2.24) is 19.9 Å². The van der Waals surface area contributed by atoms with Gasteiger partial charge in [-0.05, 0) is 30.7 Å². The summed E-state index contributed by atoms with van der Waals surface area (Å²) < 4.78 is 5.94. The van der Waals surface area contributed by atoms with Crippen LogP contribution < -0.4 is 4.74 Å². The van der Waals surface area contributed by atoms with E-state index in [1.165, 1.54) is 6.33 Å². The first-order valence-corrected chi connectivity index (χ1v) is 6.90. The molecular weight excluding hydrogens is 276 g/mol. The summed E-state index contributed by atoms with van der Waals surface area (Å²) >= 11 is 0. The Morgan fingerprint density at radius 2 is 1.73 bits per heavy atom. The first-order chi connectivity index (χ1) is 10.8. The Kier molecular flexibility index (Phi) is 2.89. The van der Waals surface area contributed by atoms with Crippen LogP contribution in [-0.4, -0.2) is 19.9 Å². The molecule has 0 aliphatic rings. The molecule has 0 N–H and O–H groups in total. The average molecular weight is 288 g/mol. The van der Waals surface area contributed by atoms with Gasteiger partial charge in [0.1, 0.15) is 12.1 Å². The van der Waals surface area contributed by atoms with Crippen molar-refractivity contribution in [1.29, 1.82) is 0 Å². The molecular formula is C17H12N4O. The van der Waals surface area contributed by atoms with Gasteiger partial charge in [-0.2, -0.15) is 0 Å². The highest BCUT2D eigenvalue weighted by Crippen LogP contribution is 2.28. The summed E-state index contributed by atoms with van der Waals surface area (Å²) in [6.07, 6.45) is 4.85. The summed E-state index contributed by atoms with van der Waals surface area (Å²) in [5.41, 5.74) is 3.61. The molecule has 22 heavy (non-hydrogen) atoms. The molecule has 0 radical (unpaired) electrons. The van der Waals surface area contributed by atoms with Crippen LogP contribution in [0.15, 0.2) is 55.1 Å². The third kappa shape index (κ3) is 2.13. The van der Waals surface area contributed by atoms with Gasteiger partial charge in [0.15, 0.2) is 0 Å². The van der Waals surface area contributed by atoms with Gasteiger partial charge in [0.05, 0.1) is 21.9 Å². The second kappa shape index (κ2) is 5.04. The minimum absolute atomic E-state index is 0.539. The minimum atomic E-state index is 0.539. The van der Waals surface area contributed by atoms with Crippen molar-refractivity contribution >= 4 is 21.9 Å². The molecule has 0 bridgehead atoms. The molecule has 4 rings (SSSR count). The average Bonchev–Trinajstić information content (AvgIpc) is 2.56. The summed E-state index contributed by atoms with van der Waals surface area (Å²) in [7, 11) is 0. The highest BCUT2D eigenvalue weighted by molar-refractivity contribution is 5.86. The lowest BCUT2D eigenvalue weighted by molar-refractivity contribution is 0.468. The quantitative estimate of drug-likeness (QED) is 0.563. The Hall–Kier alpha value is -3.08. The number of aromatic nitrogens is 4. The third-order valence-electron chi connectivity index (χ3n) is 3.49. The summed E-state index contributed by atoms with van der Waals surface area (Å²) in [4.78, 5) is 17.1. The van der Waals surface area contributed by atoms with Crippen molar-refractivity contribution in [3.05, 3.63) is 60.7 Å². The number of rotatable bonds is 2. The molecule has 0 saturated heterocycles. The first kappa shape index (κ1) is 12.6. The Balaban J connectivity index is 1.80. The van der Waals surface area contributed by atoms with E-state index >= 15 is 0 Å². The Labute approximate surface area is 126 Å². The molecule has 0 aliphatic carbocycles. The van der Waals surface area contributed by atoms with E-state index < -0.39 is 0 Å². The SMILES string of the molecule is Cc1cccc2c(Oc3ccc4nccnc4c3)ncnc12. The lowest BCUT2D eigenvalue weighted by Crippen LogP contribution is -1.93. The lowest BCUT2D eigenvalue weighted by Gasteiger charge is -2.08. The number of benzene rings is 2. The largest absolute Gasteiger partial charge is 0.438 e. The predicted molar refractivity (Wildman–Crippen MR) is 83.9 cm³/mol. The van der Waals surface area contributed by atoms with Gasteiger partial charge in [-0.3, -0.25) is 9.97 Å². The van der Waals surface area contributed by atoms with Crippen molar-refractivity contribution in [2.24, 2.45) is 0 Å². The minimum Gasteiger partial charge on any atom is -0.438 e. The number of aryl methyl sites for hydroxylation is 1. The van der Waals surface area contributed by atoms with Crippen LogP contribution in [0.1, 0.15) is 5.56 Å². The molecule has 5 heteroatoms. The van der Waals surface area contributed by atoms with Crippen LogP contribution in [0.5, 0.6) is 11.6 Å². The molecule has 106 valence electrons. The van der Waals surface area contributed by atoms with Crippen LogP contribution in [-0.2, 0) is 0 Å². The Morgan fingerprint density at radius 3 is 2.64 bits per heavy atom. The number of nitrogens with zero attached hydrogens (tertiary/aromatic N) is 4. The summed E-state index contributed by atoms with van der Waals surface area (Å²) in [6.45, 7) is 2.02. The number of hydrogen-bond donors (Lipinski definition) is 0. The highest BCUT2D eigenvalue weighted by Gasteiger charge is 2.08. The van der Waals surface area contributed by atoms with Crippen LogP contribution in [0.25, 0.3) is 21.9 Å². The zero-order valence-electron chi connectivity index (χ0n) is 11.9. The van der Waals surface area contributed by atoms with Crippen LogP contribution >= 0.6 is 0 Å². The van der Waals surface area contributed by atoms with Crippen molar-refractivity contribution in [3.8, 4) is 11.6 Å². The second-order valence-corrected chi connectivity index (χ2v) is 4.96. The number of ether oxygens (including phenoxy) is 1. The Morgan fingerprint density at radius 1 is 0.864 bits per heavy atom. The van der Waals surface area contributed by atoms with E-state index in [4.69, 9.17) is 4.74 Å². The van der Waals surface area contributed by atoms with Crippen molar-refractivity contribution in [2.45, 2.75) is 6.92 Å². The summed E-state index contributed by atoms with van der Waals surface area (Å²) in [5.74, 6) is 1.21. The van der Waals surface area contributed by atoms with Crippen LogP contribution in [0, 0.1) is 6.92 Å². The topological polar surface area (TPSA) is 60.8 Å². The molecule has 0 spiro atoms. The lowest BCUT2D eigenvalue weighted by atomic mass is 10.1. The molecule has 4 aromatic rings. The fourth-order valence-electron chi connectivity index (χ4n) is 2.41. The van der Waals surface area contributed by atoms with E-state index in [1.807, 2.05) is 43.3 Å². The van der Waals surface area contributed by atoms with Crippen LogP contribution in [0.4, 0.5) is 0 Å². The van der Waals surface area contributed by atoms with Crippen LogP contribution in [0.2, 0.25) is 0 Å². The molecule has 0 atom stereocenters. The van der Waals surface area contributed by atoms with Gasteiger partial charge in [0, 0.05) is 18.5 Å². The molecule has 0 fully saturated rings. The second-order valence-electron chi connectivity index (χ2n) is 4.96. The normalized spacial score (nSPS) is 11.0.